The average molecular weight is 348 g/mol. The van der Waals surface area contributed by atoms with Crippen molar-refractivity contribution >= 4 is 29.2 Å². The van der Waals surface area contributed by atoms with Crippen LogP contribution in [0.2, 0.25) is 5.02 Å². The zero-order valence-corrected chi connectivity index (χ0v) is 14.2. The number of rotatable bonds is 6. The molecule has 0 atom stereocenters. The Hall–Kier alpha value is -2.53. The Balaban J connectivity index is 1.94. The van der Waals surface area contributed by atoms with E-state index >= 15 is 0 Å². The van der Waals surface area contributed by atoms with Crippen molar-refractivity contribution in [1.82, 2.24) is 0 Å². The van der Waals surface area contributed by atoms with Crippen molar-refractivity contribution in [2.24, 2.45) is 0 Å². The third-order valence-corrected chi connectivity index (χ3v) is 3.43. The van der Waals surface area contributed by atoms with E-state index in [-0.39, 0.29) is 12.5 Å². The van der Waals surface area contributed by atoms with Crippen molar-refractivity contribution in [1.29, 1.82) is 0 Å². The van der Waals surface area contributed by atoms with Gasteiger partial charge in [0.1, 0.15) is 5.75 Å². The Bertz CT molecular complexity index is 746. The Labute approximate surface area is 145 Å². The van der Waals surface area contributed by atoms with Crippen LogP contribution in [-0.2, 0) is 9.53 Å². The quantitative estimate of drug-likeness (QED) is 0.806. The van der Waals surface area contributed by atoms with Crippen LogP contribution in [0.5, 0.6) is 5.75 Å². The summed E-state index contributed by atoms with van der Waals surface area (Å²) in [6.45, 7) is 3.75. The number of carbonyl (C=O) groups excluding carboxylic acids is 2. The van der Waals surface area contributed by atoms with E-state index < -0.39 is 5.97 Å². The van der Waals surface area contributed by atoms with Gasteiger partial charge < -0.3 is 14.8 Å². The number of carbonyl (C=O) groups is 2. The molecule has 0 bridgehead atoms. The van der Waals surface area contributed by atoms with Crippen molar-refractivity contribution in [3.63, 3.8) is 0 Å². The monoisotopic (exact) mass is 347 g/mol. The lowest BCUT2D eigenvalue weighted by Crippen LogP contribution is -2.20. The summed E-state index contributed by atoms with van der Waals surface area (Å²) in [5.41, 5.74) is 1.90. The molecule has 0 spiro atoms. The predicted octanol–water partition coefficient (Wildman–Crippen LogP) is 3.84. The molecule has 1 N–H and O–H groups in total. The lowest BCUT2D eigenvalue weighted by molar-refractivity contribution is -0.118. The van der Waals surface area contributed by atoms with Crippen molar-refractivity contribution < 1.29 is 19.1 Å². The smallest absolute Gasteiger partial charge is 0.338 e. The summed E-state index contributed by atoms with van der Waals surface area (Å²) in [5, 5.41) is 3.14. The number of nitrogens with one attached hydrogen (secondary N) is 1. The van der Waals surface area contributed by atoms with Crippen LogP contribution in [0.4, 0.5) is 5.69 Å². The summed E-state index contributed by atoms with van der Waals surface area (Å²) in [6, 6.07) is 11.8. The van der Waals surface area contributed by atoms with Crippen molar-refractivity contribution in [3.8, 4) is 5.75 Å². The minimum atomic E-state index is -0.432. The summed E-state index contributed by atoms with van der Waals surface area (Å²) in [5.74, 6) is -0.369. The number of halogens is 1. The topological polar surface area (TPSA) is 64.6 Å². The van der Waals surface area contributed by atoms with Crippen LogP contribution in [0, 0.1) is 6.92 Å². The molecule has 2 aromatic rings. The summed E-state index contributed by atoms with van der Waals surface area (Å²) in [6.07, 6.45) is 0. The minimum absolute atomic E-state index is 0.198. The van der Waals surface area contributed by atoms with E-state index in [1.807, 2.05) is 13.0 Å². The van der Waals surface area contributed by atoms with Crippen LogP contribution in [0.25, 0.3) is 0 Å². The van der Waals surface area contributed by atoms with E-state index in [1.165, 1.54) is 6.07 Å². The zero-order valence-electron chi connectivity index (χ0n) is 13.5. The molecule has 5 nitrogen and oxygen atoms in total. The van der Waals surface area contributed by atoms with Crippen LogP contribution in [0.15, 0.2) is 42.5 Å². The molecule has 126 valence electrons. The number of benzene rings is 2. The van der Waals surface area contributed by atoms with Crippen molar-refractivity contribution in [2.75, 3.05) is 18.5 Å². The number of aryl methyl sites for hydroxylation is 1. The predicted molar refractivity (Wildman–Crippen MR) is 92.7 cm³/mol. The molecule has 0 aliphatic carbocycles. The third kappa shape index (κ3) is 4.99. The van der Waals surface area contributed by atoms with Gasteiger partial charge in [-0.2, -0.15) is 0 Å². The number of amides is 1. The molecule has 0 unspecified atom stereocenters. The van der Waals surface area contributed by atoms with Crippen LogP contribution in [0.3, 0.4) is 0 Å². The van der Waals surface area contributed by atoms with Gasteiger partial charge >= 0.3 is 5.97 Å². The second kappa shape index (κ2) is 8.36. The summed E-state index contributed by atoms with van der Waals surface area (Å²) >= 11 is 6.07. The van der Waals surface area contributed by atoms with Crippen LogP contribution >= 0.6 is 11.6 Å². The van der Waals surface area contributed by atoms with E-state index in [4.69, 9.17) is 21.1 Å². The van der Waals surface area contributed by atoms with Gasteiger partial charge in [-0.25, -0.2) is 4.79 Å². The van der Waals surface area contributed by atoms with Gasteiger partial charge in [0.05, 0.1) is 22.9 Å². The molecule has 0 aromatic heterocycles. The van der Waals surface area contributed by atoms with Gasteiger partial charge in [0, 0.05) is 0 Å². The highest BCUT2D eigenvalue weighted by Gasteiger charge is 2.10. The molecule has 2 aromatic carbocycles. The molecule has 0 radical (unpaired) electrons. The van der Waals surface area contributed by atoms with Crippen LogP contribution < -0.4 is 10.1 Å². The van der Waals surface area contributed by atoms with E-state index in [9.17, 15) is 9.59 Å². The van der Waals surface area contributed by atoms with Gasteiger partial charge in [0.25, 0.3) is 5.91 Å². The van der Waals surface area contributed by atoms with Gasteiger partial charge in [-0.05, 0) is 49.7 Å². The van der Waals surface area contributed by atoms with E-state index in [0.29, 0.717) is 28.6 Å². The van der Waals surface area contributed by atoms with Gasteiger partial charge in [0.15, 0.2) is 6.61 Å². The molecule has 24 heavy (non-hydrogen) atoms. The normalized spacial score (nSPS) is 10.1. The molecule has 0 heterocycles. The van der Waals surface area contributed by atoms with Gasteiger partial charge in [-0.3, -0.25) is 4.79 Å². The molecule has 0 saturated heterocycles. The highest BCUT2D eigenvalue weighted by Crippen LogP contribution is 2.22. The SMILES string of the molecule is CCOC(=O)c1cccc(OCC(=O)Nc2ccc(C)cc2Cl)c1. The molecular formula is C18H18ClNO4. The van der Waals surface area contributed by atoms with Gasteiger partial charge in [0.2, 0.25) is 0 Å². The molecule has 1 amide bonds. The van der Waals surface area contributed by atoms with Crippen molar-refractivity contribution in [2.45, 2.75) is 13.8 Å². The summed E-state index contributed by atoms with van der Waals surface area (Å²) in [7, 11) is 0. The number of esters is 1. The number of anilines is 1. The average Bonchev–Trinajstić information content (AvgIpc) is 2.56. The minimum Gasteiger partial charge on any atom is -0.484 e. The van der Waals surface area contributed by atoms with Crippen LogP contribution in [-0.4, -0.2) is 25.1 Å². The number of hydrogen-bond acceptors (Lipinski definition) is 4. The Morgan fingerprint density at radius 3 is 2.67 bits per heavy atom. The molecule has 2 rings (SSSR count). The molecule has 0 aliphatic heterocycles. The largest absolute Gasteiger partial charge is 0.484 e. The Morgan fingerprint density at radius 1 is 1.17 bits per heavy atom. The van der Waals surface area contributed by atoms with E-state index in [0.717, 1.165) is 5.56 Å². The molecule has 0 fully saturated rings. The molecule has 0 saturated carbocycles. The molecular weight excluding hydrogens is 330 g/mol. The van der Waals surface area contributed by atoms with Crippen LogP contribution in [0.1, 0.15) is 22.8 Å². The second-order valence-corrected chi connectivity index (χ2v) is 5.48. The first-order chi connectivity index (χ1) is 11.5. The Kier molecular flexibility index (Phi) is 6.21. The first-order valence-corrected chi connectivity index (χ1v) is 7.83. The van der Waals surface area contributed by atoms with E-state index in [2.05, 4.69) is 5.32 Å². The first-order valence-electron chi connectivity index (χ1n) is 7.45. The fourth-order valence-electron chi connectivity index (χ4n) is 1.98. The maximum atomic E-state index is 12.0. The highest BCUT2D eigenvalue weighted by atomic mass is 35.5. The first kappa shape index (κ1) is 17.8. The van der Waals surface area contributed by atoms with Crippen molar-refractivity contribution in [3.05, 3.63) is 58.6 Å². The second-order valence-electron chi connectivity index (χ2n) is 5.07. The highest BCUT2D eigenvalue weighted by molar-refractivity contribution is 6.33. The maximum Gasteiger partial charge on any atom is 0.338 e. The lowest BCUT2D eigenvalue weighted by atomic mass is 10.2. The standard InChI is InChI=1S/C18H18ClNO4/c1-3-23-18(22)13-5-4-6-14(10-13)24-11-17(21)20-16-8-7-12(2)9-15(16)19/h4-10H,3,11H2,1-2H3,(H,20,21). The summed E-state index contributed by atoms with van der Waals surface area (Å²) < 4.78 is 10.3. The van der Waals surface area contributed by atoms with Gasteiger partial charge in [-0.15, -0.1) is 0 Å². The fourth-order valence-corrected chi connectivity index (χ4v) is 2.27. The van der Waals surface area contributed by atoms with E-state index in [1.54, 1.807) is 37.3 Å². The Morgan fingerprint density at radius 2 is 1.96 bits per heavy atom. The summed E-state index contributed by atoms with van der Waals surface area (Å²) in [4.78, 5) is 23.6. The fraction of sp³-hybridized carbons (Fsp3) is 0.222. The third-order valence-electron chi connectivity index (χ3n) is 3.11. The maximum absolute atomic E-state index is 12.0. The number of hydrogen-bond donors (Lipinski definition) is 1. The molecule has 6 heteroatoms. The zero-order chi connectivity index (χ0) is 17.5. The number of ether oxygens (including phenoxy) is 2. The van der Waals surface area contributed by atoms with Gasteiger partial charge in [-0.1, -0.05) is 23.7 Å². The lowest BCUT2D eigenvalue weighted by Gasteiger charge is -2.10. The molecule has 0 aliphatic rings.